The van der Waals surface area contributed by atoms with Gasteiger partial charge in [0.1, 0.15) is 0 Å². The van der Waals surface area contributed by atoms with Crippen LogP contribution in [0, 0.1) is 0 Å². The fourth-order valence-corrected chi connectivity index (χ4v) is 6.53. The molecule has 3 aromatic rings. The molecule has 8 nitrogen and oxygen atoms in total. The number of aliphatic hydroxyl groups is 1. The van der Waals surface area contributed by atoms with Crippen LogP contribution in [0.3, 0.4) is 0 Å². The van der Waals surface area contributed by atoms with E-state index in [0.717, 1.165) is 44.0 Å². The summed E-state index contributed by atoms with van der Waals surface area (Å²) in [6, 6.07) is 21.4. The van der Waals surface area contributed by atoms with Gasteiger partial charge in [-0.15, -0.1) is 0 Å². The van der Waals surface area contributed by atoms with E-state index in [-0.39, 0.29) is 25.2 Å². The number of aliphatic hydroxyl groups excluding tert-OH is 1. The third-order valence-electron chi connectivity index (χ3n) is 8.87. The number of piperazine rings is 1. The lowest BCUT2D eigenvalue weighted by Gasteiger charge is -2.36. The Morgan fingerprint density at radius 3 is 2.63 bits per heavy atom. The smallest absolute Gasteiger partial charge is 0.288 e. The number of allylic oxidation sites excluding steroid dienone is 1. The van der Waals surface area contributed by atoms with Crippen molar-refractivity contribution in [2.45, 2.75) is 44.4 Å². The highest BCUT2D eigenvalue weighted by atomic mass is 16.7. The third-order valence-corrected chi connectivity index (χ3v) is 8.87. The first-order valence-corrected chi connectivity index (χ1v) is 15.4. The van der Waals surface area contributed by atoms with E-state index in [9.17, 15) is 9.90 Å². The maximum Gasteiger partial charge on any atom is 0.288 e. The monoisotopic (exact) mass is 582 g/mol. The lowest BCUT2D eigenvalue weighted by atomic mass is 9.90. The normalized spacial score (nSPS) is 20.8. The van der Waals surface area contributed by atoms with Crippen LogP contribution in [0.1, 0.15) is 47.4 Å². The van der Waals surface area contributed by atoms with Gasteiger partial charge in [0, 0.05) is 51.7 Å². The van der Waals surface area contributed by atoms with E-state index in [1.165, 1.54) is 33.4 Å². The molecule has 2 atom stereocenters. The fourth-order valence-electron chi connectivity index (χ4n) is 6.53. The topological polar surface area (TPSA) is 80.7 Å². The van der Waals surface area contributed by atoms with E-state index in [0.29, 0.717) is 38.3 Å². The molecule has 43 heavy (non-hydrogen) atoms. The van der Waals surface area contributed by atoms with Crippen LogP contribution in [0.5, 0.6) is 11.5 Å². The zero-order chi connectivity index (χ0) is 29.2. The predicted molar refractivity (Wildman–Crippen MR) is 162 cm³/mol. The third kappa shape index (κ3) is 6.00. The maximum absolute atomic E-state index is 13.8. The van der Waals surface area contributed by atoms with Crippen molar-refractivity contribution in [3.63, 3.8) is 0 Å². The molecule has 4 aliphatic rings. The number of ether oxygens (including phenoxy) is 4. The molecule has 0 aromatic heterocycles. The quantitative estimate of drug-likeness (QED) is 0.283. The van der Waals surface area contributed by atoms with Crippen LogP contribution >= 0.6 is 0 Å². The van der Waals surface area contributed by atoms with Crippen molar-refractivity contribution >= 4 is 5.91 Å². The van der Waals surface area contributed by atoms with Crippen molar-refractivity contribution < 1.29 is 28.8 Å². The van der Waals surface area contributed by atoms with Gasteiger partial charge in [-0.1, -0.05) is 48.5 Å². The molecule has 1 aliphatic carbocycles. The average molecular weight is 583 g/mol. The number of hydrogen-bond acceptors (Lipinski definition) is 7. The number of benzene rings is 3. The summed E-state index contributed by atoms with van der Waals surface area (Å²) in [5.41, 5.74) is 7.63. The Morgan fingerprint density at radius 2 is 1.74 bits per heavy atom. The molecule has 0 saturated carbocycles. The van der Waals surface area contributed by atoms with Gasteiger partial charge in [-0.25, -0.2) is 0 Å². The number of carbonyl (C=O) groups is 1. The molecular formula is C35H38N2O6. The van der Waals surface area contributed by atoms with Crippen LogP contribution < -0.4 is 9.47 Å². The predicted octanol–water partition coefficient (Wildman–Crippen LogP) is 4.83. The van der Waals surface area contributed by atoms with E-state index < -0.39 is 6.29 Å². The zero-order valence-electron chi connectivity index (χ0n) is 24.4. The second-order valence-corrected chi connectivity index (χ2v) is 11.7. The second kappa shape index (κ2) is 12.4. The molecule has 1 N–H and O–H groups in total. The highest BCUT2D eigenvalue weighted by Crippen LogP contribution is 2.40. The summed E-state index contributed by atoms with van der Waals surface area (Å²) < 4.78 is 23.2. The highest BCUT2D eigenvalue weighted by Gasteiger charge is 2.33. The van der Waals surface area contributed by atoms with Crippen LogP contribution in [0.4, 0.5) is 0 Å². The first-order valence-electron chi connectivity index (χ1n) is 15.4. The number of unbranched alkanes of at least 4 members (excludes halogenated alkanes) is 1. The van der Waals surface area contributed by atoms with Gasteiger partial charge in [-0.2, -0.15) is 0 Å². The van der Waals surface area contributed by atoms with Crippen molar-refractivity contribution in [1.29, 1.82) is 0 Å². The molecule has 3 aromatic carbocycles. The Balaban J connectivity index is 1.04. The standard InChI is InChI=1S/C35H38N2O6/c38-15-3-4-16-40-34-21-27(25-8-9-30-28(18-25)19-26-5-1-2-6-29(26)30)20-33(43-34)35(39)37-13-11-36(12-14-37)22-24-7-10-31-32(17-24)42-23-41-31/h1-2,5-10,17-18,20,27,34,38H,3-4,11-16,19,21-23H2/t27-,34+/m1/s1. The largest absolute Gasteiger partial charge is 0.459 e. The lowest BCUT2D eigenvalue weighted by Crippen LogP contribution is -2.49. The van der Waals surface area contributed by atoms with Gasteiger partial charge in [0.25, 0.3) is 5.91 Å². The van der Waals surface area contributed by atoms with E-state index >= 15 is 0 Å². The van der Waals surface area contributed by atoms with Crippen molar-refractivity contribution in [2.75, 3.05) is 46.2 Å². The SMILES string of the molecule is O=C(C1=C[C@@H](c2ccc3c(c2)Cc2ccccc2-3)C[C@@H](OCCCCO)O1)N1CCN(Cc2ccc3c(c2)OCO3)CC1. The van der Waals surface area contributed by atoms with E-state index in [2.05, 4.69) is 53.4 Å². The summed E-state index contributed by atoms with van der Waals surface area (Å²) >= 11 is 0. The van der Waals surface area contributed by atoms with Crippen LogP contribution in [-0.4, -0.2) is 73.3 Å². The maximum atomic E-state index is 13.8. The summed E-state index contributed by atoms with van der Waals surface area (Å²) in [6.45, 7) is 4.52. The summed E-state index contributed by atoms with van der Waals surface area (Å²) in [7, 11) is 0. The molecule has 3 aliphatic heterocycles. The van der Waals surface area contributed by atoms with Gasteiger partial charge < -0.3 is 29.0 Å². The first-order chi connectivity index (χ1) is 21.1. The number of nitrogens with zero attached hydrogens (tertiary/aromatic N) is 2. The number of carbonyl (C=O) groups excluding carboxylic acids is 1. The second-order valence-electron chi connectivity index (χ2n) is 11.7. The first kappa shape index (κ1) is 28.0. The molecule has 8 heteroatoms. The van der Waals surface area contributed by atoms with E-state index in [1.54, 1.807) is 0 Å². The van der Waals surface area contributed by atoms with Gasteiger partial charge in [0.05, 0.1) is 6.61 Å². The Labute approximate surface area is 252 Å². The molecule has 0 spiro atoms. The Hall–Kier alpha value is -3.85. The molecule has 224 valence electrons. The lowest BCUT2D eigenvalue weighted by molar-refractivity contribution is -0.154. The summed E-state index contributed by atoms with van der Waals surface area (Å²) in [4.78, 5) is 18.0. The van der Waals surface area contributed by atoms with Crippen LogP contribution in [0.25, 0.3) is 11.1 Å². The Kier molecular flexibility index (Phi) is 8.06. The van der Waals surface area contributed by atoms with Gasteiger partial charge >= 0.3 is 0 Å². The fraction of sp³-hybridized carbons (Fsp3) is 0.400. The summed E-state index contributed by atoms with van der Waals surface area (Å²) in [5, 5.41) is 9.17. The Bertz CT molecular complexity index is 1510. The molecule has 0 radical (unpaired) electrons. The number of amides is 1. The molecule has 0 bridgehead atoms. The van der Waals surface area contributed by atoms with Crippen molar-refractivity contribution in [1.82, 2.24) is 9.80 Å². The highest BCUT2D eigenvalue weighted by molar-refractivity contribution is 5.92. The molecule has 1 fully saturated rings. The van der Waals surface area contributed by atoms with Gasteiger partial charge in [-0.3, -0.25) is 9.69 Å². The molecule has 7 rings (SSSR count). The number of rotatable bonds is 9. The molecule has 1 amide bonds. The minimum absolute atomic E-state index is 0.0110. The van der Waals surface area contributed by atoms with Gasteiger partial charge in [0.2, 0.25) is 13.1 Å². The van der Waals surface area contributed by atoms with Crippen molar-refractivity contribution in [3.05, 3.63) is 94.8 Å². The van der Waals surface area contributed by atoms with Crippen LogP contribution in [0.2, 0.25) is 0 Å². The zero-order valence-corrected chi connectivity index (χ0v) is 24.4. The molecule has 1 saturated heterocycles. The van der Waals surface area contributed by atoms with Gasteiger partial charge in [0.15, 0.2) is 17.3 Å². The summed E-state index contributed by atoms with van der Waals surface area (Å²) in [6.07, 6.45) is 4.49. The Morgan fingerprint density at radius 1 is 0.907 bits per heavy atom. The molecule has 0 unspecified atom stereocenters. The van der Waals surface area contributed by atoms with Crippen LogP contribution in [-0.2, 0) is 27.2 Å². The van der Waals surface area contributed by atoms with Gasteiger partial charge in [-0.05, 0) is 70.9 Å². The minimum atomic E-state index is -0.509. The van der Waals surface area contributed by atoms with E-state index in [4.69, 9.17) is 18.9 Å². The van der Waals surface area contributed by atoms with Crippen molar-refractivity contribution in [3.8, 4) is 22.6 Å². The van der Waals surface area contributed by atoms with E-state index in [1.807, 2.05) is 23.1 Å². The summed E-state index contributed by atoms with van der Waals surface area (Å²) in [5.74, 6) is 1.89. The number of fused-ring (bicyclic) bond motifs is 4. The number of hydrogen-bond donors (Lipinski definition) is 1. The minimum Gasteiger partial charge on any atom is -0.459 e. The van der Waals surface area contributed by atoms with Crippen LogP contribution in [0.15, 0.2) is 72.5 Å². The molecule has 3 heterocycles. The average Bonchev–Trinajstić information content (AvgIpc) is 3.67. The van der Waals surface area contributed by atoms with Crippen molar-refractivity contribution in [2.24, 2.45) is 0 Å². The molecular weight excluding hydrogens is 544 g/mol.